The summed E-state index contributed by atoms with van der Waals surface area (Å²) in [4.78, 5) is 26.2. The molecule has 4 nitrogen and oxygen atoms in total. The van der Waals surface area contributed by atoms with E-state index >= 15 is 0 Å². The molecule has 1 N–H and O–H groups in total. The molecule has 2 amide bonds. The third-order valence-electron chi connectivity index (χ3n) is 4.86. The van der Waals surface area contributed by atoms with E-state index in [-0.39, 0.29) is 17.9 Å². The van der Waals surface area contributed by atoms with Gasteiger partial charge in [-0.3, -0.25) is 9.59 Å². The quantitative estimate of drug-likeness (QED) is 0.909. The van der Waals surface area contributed by atoms with Crippen LogP contribution in [0, 0.1) is 5.92 Å². The van der Waals surface area contributed by atoms with E-state index in [1.807, 2.05) is 30.3 Å². The van der Waals surface area contributed by atoms with Crippen molar-refractivity contribution in [3.63, 3.8) is 0 Å². The minimum atomic E-state index is -0.351. The summed E-state index contributed by atoms with van der Waals surface area (Å²) in [6.07, 6.45) is 7.35. The summed E-state index contributed by atoms with van der Waals surface area (Å²) in [6.45, 7) is 0.677. The number of hydrogen-bond acceptors (Lipinski definition) is 2. The fourth-order valence-corrected chi connectivity index (χ4v) is 3.58. The summed E-state index contributed by atoms with van der Waals surface area (Å²) < 4.78 is 0. The number of para-hydroxylation sites is 1. The van der Waals surface area contributed by atoms with E-state index in [2.05, 4.69) is 5.32 Å². The number of carbonyl (C=O) groups excluding carboxylic acids is 2. The topological polar surface area (TPSA) is 49.4 Å². The number of benzene rings is 1. The van der Waals surface area contributed by atoms with Gasteiger partial charge in [-0.05, 0) is 30.9 Å². The number of nitrogens with zero attached hydrogens (tertiary/aromatic N) is 1. The van der Waals surface area contributed by atoms with Crippen molar-refractivity contribution in [2.75, 3.05) is 11.4 Å². The highest BCUT2D eigenvalue weighted by molar-refractivity contribution is 6.01. The lowest BCUT2D eigenvalue weighted by atomic mass is 10.0. The maximum atomic E-state index is 12.4. The van der Waals surface area contributed by atoms with Gasteiger partial charge in [0.05, 0.1) is 0 Å². The summed E-state index contributed by atoms with van der Waals surface area (Å²) >= 11 is 0. The number of nitrogens with one attached hydrogen (secondary N) is 1. The minimum absolute atomic E-state index is 0.0143. The second kappa shape index (κ2) is 6.95. The molecule has 1 aliphatic carbocycles. The third kappa shape index (κ3) is 3.49. The lowest BCUT2D eigenvalue weighted by Crippen LogP contribution is -2.41. The van der Waals surface area contributed by atoms with Gasteiger partial charge in [0.25, 0.3) is 0 Å². The summed E-state index contributed by atoms with van der Waals surface area (Å²) in [5, 5.41) is 2.92. The number of carbonyl (C=O) groups is 2. The molecule has 0 radical (unpaired) electrons. The second-order valence-electron chi connectivity index (χ2n) is 6.42. The van der Waals surface area contributed by atoms with Crippen molar-refractivity contribution < 1.29 is 9.59 Å². The molecule has 1 aromatic rings. The largest absolute Gasteiger partial charge is 0.344 e. The minimum Gasteiger partial charge on any atom is -0.344 e. The van der Waals surface area contributed by atoms with E-state index in [4.69, 9.17) is 0 Å². The third-order valence-corrected chi connectivity index (χ3v) is 4.86. The van der Waals surface area contributed by atoms with Crippen molar-refractivity contribution in [2.24, 2.45) is 5.92 Å². The highest BCUT2D eigenvalue weighted by atomic mass is 16.2. The average Bonchev–Trinajstić information content (AvgIpc) is 3.17. The first kappa shape index (κ1) is 15.1. The predicted molar refractivity (Wildman–Crippen MR) is 86.5 cm³/mol. The summed E-state index contributed by atoms with van der Waals surface area (Å²) in [5.74, 6) is 0.756. The Bertz CT molecular complexity index is 523. The average molecular weight is 300 g/mol. The molecule has 1 saturated heterocycles. The fraction of sp³-hybridized carbons (Fsp3) is 0.556. The van der Waals surface area contributed by atoms with Crippen molar-refractivity contribution in [3.8, 4) is 0 Å². The van der Waals surface area contributed by atoms with Crippen LogP contribution in [0.2, 0.25) is 0 Å². The molecular weight excluding hydrogens is 276 g/mol. The lowest BCUT2D eigenvalue weighted by Gasteiger charge is -2.17. The molecule has 4 heteroatoms. The number of hydrogen-bond donors (Lipinski definition) is 1. The van der Waals surface area contributed by atoms with Crippen molar-refractivity contribution >= 4 is 17.5 Å². The smallest absolute Gasteiger partial charge is 0.249 e. The van der Waals surface area contributed by atoms with Crippen LogP contribution in [-0.2, 0) is 9.59 Å². The molecule has 118 valence electrons. The molecule has 1 aliphatic heterocycles. The maximum absolute atomic E-state index is 12.4. The number of rotatable bonds is 5. The summed E-state index contributed by atoms with van der Waals surface area (Å²) in [6, 6.07) is 9.31. The SMILES string of the molecule is O=C(CCC1CCCC1)N[C@H]1CCN(c2ccccc2)C1=O. The molecule has 1 atom stereocenters. The van der Waals surface area contributed by atoms with Crippen LogP contribution < -0.4 is 10.2 Å². The Kier molecular flexibility index (Phi) is 4.76. The molecule has 1 aromatic carbocycles. The van der Waals surface area contributed by atoms with E-state index in [0.29, 0.717) is 25.3 Å². The zero-order valence-electron chi connectivity index (χ0n) is 13.0. The Hall–Kier alpha value is -1.84. The van der Waals surface area contributed by atoms with E-state index in [0.717, 1.165) is 12.1 Å². The van der Waals surface area contributed by atoms with Gasteiger partial charge in [-0.2, -0.15) is 0 Å². The molecular formula is C18H24N2O2. The molecule has 0 unspecified atom stereocenters. The highest BCUT2D eigenvalue weighted by Crippen LogP contribution is 2.28. The molecule has 2 aliphatic rings. The summed E-state index contributed by atoms with van der Waals surface area (Å²) in [5.41, 5.74) is 0.912. The molecule has 0 spiro atoms. The Morgan fingerprint density at radius 2 is 1.86 bits per heavy atom. The van der Waals surface area contributed by atoms with Gasteiger partial charge < -0.3 is 10.2 Å². The predicted octanol–water partition coefficient (Wildman–Crippen LogP) is 2.88. The van der Waals surface area contributed by atoms with Gasteiger partial charge in [-0.25, -0.2) is 0 Å². The van der Waals surface area contributed by atoms with Crippen LogP contribution in [0.25, 0.3) is 0 Å². The maximum Gasteiger partial charge on any atom is 0.249 e. The first-order chi connectivity index (χ1) is 10.7. The zero-order valence-corrected chi connectivity index (χ0v) is 13.0. The van der Waals surface area contributed by atoms with E-state index in [1.165, 1.54) is 25.7 Å². The zero-order chi connectivity index (χ0) is 15.4. The molecule has 1 heterocycles. The van der Waals surface area contributed by atoms with E-state index in [9.17, 15) is 9.59 Å². The molecule has 2 fully saturated rings. The van der Waals surface area contributed by atoms with E-state index in [1.54, 1.807) is 4.90 Å². The standard InChI is InChI=1S/C18H24N2O2/c21-17(11-10-14-6-4-5-7-14)19-16-12-13-20(18(16)22)15-8-2-1-3-9-15/h1-3,8-9,14,16H,4-7,10-13H2,(H,19,21)/t16-/m0/s1. The first-order valence-electron chi connectivity index (χ1n) is 8.40. The molecule has 3 rings (SSSR count). The van der Waals surface area contributed by atoms with Gasteiger partial charge in [-0.1, -0.05) is 43.9 Å². The molecule has 0 bridgehead atoms. The normalized spacial score (nSPS) is 22.3. The molecule has 1 saturated carbocycles. The number of amides is 2. The Morgan fingerprint density at radius 1 is 1.14 bits per heavy atom. The van der Waals surface area contributed by atoms with Gasteiger partial charge in [-0.15, -0.1) is 0 Å². The highest BCUT2D eigenvalue weighted by Gasteiger charge is 2.33. The second-order valence-corrected chi connectivity index (χ2v) is 6.42. The van der Waals surface area contributed by atoms with Crippen molar-refractivity contribution in [1.82, 2.24) is 5.32 Å². The van der Waals surface area contributed by atoms with Crippen molar-refractivity contribution in [2.45, 2.75) is 51.0 Å². The Labute approximate surface area is 131 Å². The van der Waals surface area contributed by atoms with Crippen LogP contribution in [-0.4, -0.2) is 24.4 Å². The monoisotopic (exact) mass is 300 g/mol. The fourth-order valence-electron chi connectivity index (χ4n) is 3.58. The van der Waals surface area contributed by atoms with Gasteiger partial charge in [0.2, 0.25) is 11.8 Å². The number of anilines is 1. The Balaban J connectivity index is 1.49. The Morgan fingerprint density at radius 3 is 2.59 bits per heavy atom. The van der Waals surface area contributed by atoms with Crippen LogP contribution in [0.5, 0.6) is 0 Å². The van der Waals surface area contributed by atoms with Crippen molar-refractivity contribution in [3.05, 3.63) is 30.3 Å². The van der Waals surface area contributed by atoms with Gasteiger partial charge in [0, 0.05) is 18.7 Å². The molecule has 0 aromatic heterocycles. The first-order valence-corrected chi connectivity index (χ1v) is 8.40. The van der Waals surface area contributed by atoms with Crippen LogP contribution in [0.15, 0.2) is 30.3 Å². The molecule has 22 heavy (non-hydrogen) atoms. The van der Waals surface area contributed by atoms with E-state index < -0.39 is 0 Å². The summed E-state index contributed by atoms with van der Waals surface area (Å²) in [7, 11) is 0. The van der Waals surface area contributed by atoms with Crippen LogP contribution in [0.1, 0.15) is 44.9 Å². The van der Waals surface area contributed by atoms with Crippen LogP contribution in [0.4, 0.5) is 5.69 Å². The van der Waals surface area contributed by atoms with Crippen molar-refractivity contribution in [1.29, 1.82) is 0 Å². The van der Waals surface area contributed by atoms with Gasteiger partial charge >= 0.3 is 0 Å². The van der Waals surface area contributed by atoms with Crippen LogP contribution in [0.3, 0.4) is 0 Å². The lowest BCUT2D eigenvalue weighted by molar-refractivity contribution is -0.126. The van der Waals surface area contributed by atoms with Crippen LogP contribution >= 0.6 is 0 Å². The van der Waals surface area contributed by atoms with Gasteiger partial charge in [0.15, 0.2) is 0 Å². The van der Waals surface area contributed by atoms with Gasteiger partial charge in [0.1, 0.15) is 6.04 Å².